The van der Waals surface area contributed by atoms with Gasteiger partial charge in [0.05, 0.1) is 11.0 Å². The van der Waals surface area contributed by atoms with E-state index in [-0.39, 0.29) is 6.54 Å². The van der Waals surface area contributed by atoms with Gasteiger partial charge in [-0.15, -0.1) is 0 Å². The van der Waals surface area contributed by atoms with Gasteiger partial charge in [0.15, 0.2) is 0 Å². The zero-order valence-electron chi connectivity index (χ0n) is 8.72. The van der Waals surface area contributed by atoms with E-state index in [4.69, 9.17) is 5.73 Å². The Morgan fingerprint density at radius 1 is 1.47 bits per heavy atom. The van der Waals surface area contributed by atoms with Crippen molar-refractivity contribution in [3.8, 4) is 0 Å². The number of aliphatic hydroxyl groups is 1. The monoisotopic (exact) mass is 205 g/mol. The highest BCUT2D eigenvalue weighted by atomic mass is 16.3. The first-order chi connectivity index (χ1) is 7.27. The molecule has 0 aliphatic carbocycles. The minimum absolute atomic E-state index is 0.198. The van der Waals surface area contributed by atoms with Gasteiger partial charge in [0.25, 0.3) is 0 Å². The molecule has 0 aliphatic heterocycles. The lowest BCUT2D eigenvalue weighted by molar-refractivity contribution is 0.172. The Morgan fingerprint density at radius 2 is 2.20 bits per heavy atom. The lowest BCUT2D eigenvalue weighted by atomic mass is 10.3. The molecule has 4 nitrogen and oxygen atoms in total. The van der Waals surface area contributed by atoms with Crippen molar-refractivity contribution < 1.29 is 5.11 Å². The molecule has 0 spiro atoms. The fourth-order valence-electron chi connectivity index (χ4n) is 1.79. The number of aryl methyl sites for hydroxylation is 1. The molecule has 1 aromatic carbocycles. The highest BCUT2D eigenvalue weighted by molar-refractivity contribution is 5.75. The molecule has 2 aromatic rings. The fraction of sp³-hybridized carbons (Fsp3) is 0.364. The summed E-state index contributed by atoms with van der Waals surface area (Å²) < 4.78 is 1.99. The van der Waals surface area contributed by atoms with Gasteiger partial charge in [0.2, 0.25) is 0 Å². The van der Waals surface area contributed by atoms with Crippen molar-refractivity contribution >= 4 is 11.0 Å². The SMILES string of the molecule is CCn1c(C(O)CN)nc2ccccc21. The van der Waals surface area contributed by atoms with Crippen LogP contribution in [0.1, 0.15) is 18.9 Å². The first-order valence-corrected chi connectivity index (χ1v) is 5.11. The maximum absolute atomic E-state index is 9.73. The Labute approximate surface area is 88.3 Å². The van der Waals surface area contributed by atoms with Gasteiger partial charge >= 0.3 is 0 Å². The molecule has 1 aromatic heterocycles. The van der Waals surface area contributed by atoms with Crippen LogP contribution in [0.5, 0.6) is 0 Å². The lowest BCUT2D eigenvalue weighted by Gasteiger charge is -2.09. The number of nitrogens with two attached hydrogens (primary N) is 1. The zero-order chi connectivity index (χ0) is 10.8. The quantitative estimate of drug-likeness (QED) is 0.787. The molecular formula is C11H15N3O. The smallest absolute Gasteiger partial charge is 0.140 e. The van der Waals surface area contributed by atoms with E-state index in [0.717, 1.165) is 17.6 Å². The molecule has 3 N–H and O–H groups in total. The van der Waals surface area contributed by atoms with Crippen molar-refractivity contribution in [1.29, 1.82) is 0 Å². The number of hydrogen-bond acceptors (Lipinski definition) is 3. The van der Waals surface area contributed by atoms with E-state index >= 15 is 0 Å². The second-order valence-electron chi connectivity index (χ2n) is 3.45. The third-order valence-corrected chi connectivity index (χ3v) is 2.52. The molecule has 0 saturated heterocycles. The minimum Gasteiger partial charge on any atom is -0.384 e. The molecule has 0 fully saturated rings. The summed E-state index contributed by atoms with van der Waals surface area (Å²) in [4.78, 5) is 4.39. The third-order valence-electron chi connectivity index (χ3n) is 2.52. The van der Waals surface area contributed by atoms with E-state index in [1.165, 1.54) is 0 Å². The summed E-state index contributed by atoms with van der Waals surface area (Å²) in [6, 6.07) is 7.84. The number of para-hydroxylation sites is 2. The molecule has 0 amide bonds. The number of fused-ring (bicyclic) bond motifs is 1. The Balaban J connectivity index is 2.63. The number of nitrogens with zero attached hydrogens (tertiary/aromatic N) is 2. The van der Waals surface area contributed by atoms with Crippen molar-refractivity contribution in [2.45, 2.75) is 19.6 Å². The summed E-state index contributed by atoms with van der Waals surface area (Å²) in [6.45, 7) is 3.01. The van der Waals surface area contributed by atoms with Gasteiger partial charge in [0.1, 0.15) is 11.9 Å². The van der Waals surface area contributed by atoms with E-state index in [9.17, 15) is 5.11 Å². The molecule has 0 saturated carbocycles. The van der Waals surface area contributed by atoms with Gasteiger partial charge in [-0.3, -0.25) is 0 Å². The minimum atomic E-state index is -0.683. The lowest BCUT2D eigenvalue weighted by Crippen LogP contribution is -2.16. The topological polar surface area (TPSA) is 64.1 Å². The summed E-state index contributed by atoms with van der Waals surface area (Å²) in [6.07, 6.45) is -0.683. The molecule has 0 radical (unpaired) electrons. The summed E-state index contributed by atoms with van der Waals surface area (Å²) in [5.74, 6) is 0.654. The van der Waals surface area contributed by atoms with Gasteiger partial charge in [0, 0.05) is 13.1 Å². The van der Waals surface area contributed by atoms with Crippen LogP contribution in [0.25, 0.3) is 11.0 Å². The average molecular weight is 205 g/mol. The summed E-state index contributed by atoms with van der Waals surface area (Å²) in [7, 11) is 0. The van der Waals surface area contributed by atoms with E-state index < -0.39 is 6.10 Å². The number of rotatable bonds is 3. The van der Waals surface area contributed by atoms with E-state index in [0.29, 0.717) is 5.82 Å². The van der Waals surface area contributed by atoms with Crippen molar-refractivity contribution in [1.82, 2.24) is 9.55 Å². The molecule has 2 rings (SSSR count). The van der Waals surface area contributed by atoms with E-state index in [1.807, 2.05) is 35.8 Å². The van der Waals surface area contributed by atoms with Crippen LogP contribution in [-0.4, -0.2) is 21.2 Å². The molecule has 0 bridgehead atoms. The van der Waals surface area contributed by atoms with Crippen LogP contribution in [0, 0.1) is 0 Å². The normalized spacial score (nSPS) is 13.3. The zero-order valence-corrected chi connectivity index (χ0v) is 8.72. The molecular weight excluding hydrogens is 190 g/mol. The largest absolute Gasteiger partial charge is 0.384 e. The molecule has 80 valence electrons. The van der Waals surface area contributed by atoms with Crippen molar-refractivity contribution in [2.24, 2.45) is 5.73 Å². The number of aliphatic hydroxyl groups excluding tert-OH is 1. The van der Waals surface area contributed by atoms with Crippen LogP contribution in [0.2, 0.25) is 0 Å². The number of hydrogen-bond donors (Lipinski definition) is 2. The average Bonchev–Trinajstić information content (AvgIpc) is 2.66. The van der Waals surface area contributed by atoms with Gasteiger partial charge < -0.3 is 15.4 Å². The molecule has 1 atom stereocenters. The van der Waals surface area contributed by atoms with Crippen LogP contribution in [0.3, 0.4) is 0 Å². The van der Waals surface area contributed by atoms with Crippen molar-refractivity contribution in [3.63, 3.8) is 0 Å². The van der Waals surface area contributed by atoms with Crippen molar-refractivity contribution in [2.75, 3.05) is 6.54 Å². The van der Waals surface area contributed by atoms with Crippen LogP contribution < -0.4 is 5.73 Å². The first kappa shape index (κ1) is 10.1. The highest BCUT2D eigenvalue weighted by Gasteiger charge is 2.15. The van der Waals surface area contributed by atoms with E-state index in [2.05, 4.69) is 4.98 Å². The summed E-state index contributed by atoms with van der Waals surface area (Å²) in [5.41, 5.74) is 7.39. The maximum Gasteiger partial charge on any atom is 0.140 e. The molecule has 15 heavy (non-hydrogen) atoms. The Kier molecular flexibility index (Phi) is 2.70. The second kappa shape index (κ2) is 4.00. The molecule has 4 heteroatoms. The summed E-state index contributed by atoms with van der Waals surface area (Å²) in [5, 5.41) is 9.73. The predicted molar refractivity (Wildman–Crippen MR) is 59.4 cm³/mol. The Hall–Kier alpha value is -1.39. The molecule has 1 unspecified atom stereocenters. The second-order valence-corrected chi connectivity index (χ2v) is 3.45. The van der Waals surface area contributed by atoms with Crippen LogP contribution >= 0.6 is 0 Å². The van der Waals surface area contributed by atoms with Crippen LogP contribution in [0.15, 0.2) is 24.3 Å². The van der Waals surface area contributed by atoms with Gasteiger partial charge in [-0.1, -0.05) is 12.1 Å². The number of aromatic nitrogens is 2. The number of imidazole rings is 1. The Bertz CT molecular complexity index is 464. The van der Waals surface area contributed by atoms with E-state index in [1.54, 1.807) is 0 Å². The standard InChI is InChI=1S/C11H15N3O/c1-2-14-9-6-4-3-5-8(9)13-11(14)10(15)7-12/h3-6,10,15H,2,7,12H2,1H3. The number of benzene rings is 1. The van der Waals surface area contributed by atoms with Crippen molar-refractivity contribution in [3.05, 3.63) is 30.1 Å². The third kappa shape index (κ3) is 1.62. The first-order valence-electron chi connectivity index (χ1n) is 5.11. The van der Waals surface area contributed by atoms with Crippen LogP contribution in [0.4, 0.5) is 0 Å². The predicted octanol–water partition coefficient (Wildman–Crippen LogP) is 1.05. The molecule has 1 heterocycles. The van der Waals surface area contributed by atoms with Crippen LogP contribution in [-0.2, 0) is 6.54 Å². The van der Waals surface area contributed by atoms with Gasteiger partial charge in [-0.25, -0.2) is 4.98 Å². The fourth-order valence-corrected chi connectivity index (χ4v) is 1.79. The van der Waals surface area contributed by atoms with Gasteiger partial charge in [-0.05, 0) is 19.1 Å². The summed E-state index contributed by atoms with van der Waals surface area (Å²) >= 11 is 0. The Morgan fingerprint density at radius 3 is 2.87 bits per heavy atom. The van der Waals surface area contributed by atoms with Gasteiger partial charge in [-0.2, -0.15) is 0 Å². The maximum atomic E-state index is 9.73. The molecule has 0 aliphatic rings. The highest BCUT2D eigenvalue weighted by Crippen LogP contribution is 2.19.